The number of hydrogen-bond acceptors (Lipinski definition) is 8. The van der Waals surface area contributed by atoms with E-state index in [1.165, 1.54) is 11.8 Å². The summed E-state index contributed by atoms with van der Waals surface area (Å²) in [7, 11) is 1.75. The molecular weight excluding hydrogens is 358 g/mol. The second-order valence-electron chi connectivity index (χ2n) is 6.00. The van der Waals surface area contributed by atoms with Gasteiger partial charge < -0.3 is 14.8 Å². The van der Waals surface area contributed by atoms with E-state index in [0.717, 1.165) is 5.56 Å². The average Bonchev–Trinajstić information content (AvgIpc) is 3.22. The predicted octanol–water partition coefficient (Wildman–Crippen LogP) is 0.887. The first-order valence-corrected chi connectivity index (χ1v) is 9.10. The highest BCUT2D eigenvalue weighted by Crippen LogP contribution is 2.23. The smallest absolute Gasteiger partial charge is 0.320 e. The van der Waals surface area contributed by atoms with Crippen molar-refractivity contribution in [2.45, 2.75) is 30.1 Å². The molecule has 1 amide bonds. The molecule has 138 valence electrons. The molecule has 0 aliphatic carbocycles. The van der Waals surface area contributed by atoms with Crippen molar-refractivity contribution < 1.29 is 19.1 Å². The third-order valence-corrected chi connectivity index (χ3v) is 4.91. The molecule has 2 aromatic heterocycles. The third-order valence-electron chi connectivity index (χ3n) is 4.09. The molecule has 0 aromatic carbocycles. The third kappa shape index (κ3) is 4.58. The Labute approximate surface area is 154 Å². The Balaban J connectivity index is 1.42. The SMILES string of the molecule is CN1C[C@H](NC(=O)CCSc2nnc(-c3ccncc3)o2)C[C@H]1C(=O)O. The van der Waals surface area contributed by atoms with Gasteiger partial charge in [0, 0.05) is 42.7 Å². The van der Waals surface area contributed by atoms with Crippen molar-refractivity contribution in [3.63, 3.8) is 0 Å². The van der Waals surface area contributed by atoms with Crippen LogP contribution < -0.4 is 5.32 Å². The topological polar surface area (TPSA) is 121 Å². The van der Waals surface area contributed by atoms with Crippen molar-refractivity contribution in [2.75, 3.05) is 19.3 Å². The van der Waals surface area contributed by atoms with Gasteiger partial charge >= 0.3 is 5.97 Å². The molecule has 0 unspecified atom stereocenters. The van der Waals surface area contributed by atoms with Gasteiger partial charge in [0.25, 0.3) is 5.22 Å². The Bertz CT molecular complexity index is 769. The highest BCUT2D eigenvalue weighted by molar-refractivity contribution is 7.99. The highest BCUT2D eigenvalue weighted by atomic mass is 32.2. The van der Waals surface area contributed by atoms with Gasteiger partial charge in [-0.1, -0.05) is 11.8 Å². The van der Waals surface area contributed by atoms with Crippen molar-refractivity contribution in [1.82, 2.24) is 25.4 Å². The molecule has 3 rings (SSSR count). The van der Waals surface area contributed by atoms with E-state index in [2.05, 4.69) is 20.5 Å². The first-order chi connectivity index (χ1) is 12.5. The van der Waals surface area contributed by atoms with Crippen LogP contribution in [0.1, 0.15) is 12.8 Å². The van der Waals surface area contributed by atoms with Gasteiger partial charge in [-0.25, -0.2) is 0 Å². The zero-order valence-corrected chi connectivity index (χ0v) is 15.0. The number of rotatable bonds is 7. The minimum Gasteiger partial charge on any atom is -0.480 e. The zero-order chi connectivity index (χ0) is 18.5. The summed E-state index contributed by atoms with van der Waals surface area (Å²) >= 11 is 1.31. The summed E-state index contributed by atoms with van der Waals surface area (Å²) < 4.78 is 5.55. The number of hydrogen-bond donors (Lipinski definition) is 2. The van der Waals surface area contributed by atoms with Gasteiger partial charge in [-0.3, -0.25) is 19.5 Å². The molecule has 1 saturated heterocycles. The van der Waals surface area contributed by atoms with E-state index in [9.17, 15) is 9.59 Å². The number of pyridine rings is 1. The van der Waals surface area contributed by atoms with Crippen LogP contribution in [0.15, 0.2) is 34.2 Å². The predicted molar refractivity (Wildman–Crippen MR) is 93.5 cm³/mol. The molecular formula is C16H19N5O4S. The number of aromatic nitrogens is 3. The van der Waals surface area contributed by atoms with Crippen LogP contribution in [0, 0.1) is 0 Å². The first-order valence-electron chi connectivity index (χ1n) is 8.12. The van der Waals surface area contributed by atoms with Crippen LogP contribution in [0.25, 0.3) is 11.5 Å². The van der Waals surface area contributed by atoms with Crippen LogP contribution in [0.5, 0.6) is 0 Å². The van der Waals surface area contributed by atoms with E-state index < -0.39 is 12.0 Å². The molecule has 26 heavy (non-hydrogen) atoms. The van der Waals surface area contributed by atoms with Crippen molar-refractivity contribution in [1.29, 1.82) is 0 Å². The number of carbonyl (C=O) groups is 2. The molecule has 0 bridgehead atoms. The fraction of sp³-hybridized carbons (Fsp3) is 0.438. The summed E-state index contributed by atoms with van der Waals surface area (Å²) in [4.78, 5) is 28.8. The molecule has 0 spiro atoms. The Morgan fingerprint density at radius 3 is 2.85 bits per heavy atom. The minimum absolute atomic E-state index is 0.115. The molecule has 1 aliphatic heterocycles. The molecule has 1 fully saturated rings. The molecule has 10 heteroatoms. The van der Waals surface area contributed by atoms with E-state index in [1.54, 1.807) is 36.5 Å². The number of likely N-dealkylation sites (tertiary alicyclic amines) is 1. The average molecular weight is 377 g/mol. The summed E-state index contributed by atoms with van der Waals surface area (Å²) in [6.45, 7) is 0.537. The maximum absolute atomic E-state index is 12.0. The lowest BCUT2D eigenvalue weighted by atomic mass is 10.1. The van der Waals surface area contributed by atoms with Crippen LogP contribution in [0.3, 0.4) is 0 Å². The van der Waals surface area contributed by atoms with Crippen LogP contribution in [-0.2, 0) is 9.59 Å². The number of thioether (sulfide) groups is 1. The van der Waals surface area contributed by atoms with Crippen molar-refractivity contribution in [2.24, 2.45) is 0 Å². The number of amides is 1. The van der Waals surface area contributed by atoms with Crippen LogP contribution in [0.4, 0.5) is 0 Å². The summed E-state index contributed by atoms with van der Waals surface area (Å²) in [5.74, 6) is -0.0700. The molecule has 2 N–H and O–H groups in total. The largest absolute Gasteiger partial charge is 0.480 e. The minimum atomic E-state index is -0.860. The van der Waals surface area contributed by atoms with Gasteiger partial charge in [-0.2, -0.15) is 0 Å². The van der Waals surface area contributed by atoms with Crippen molar-refractivity contribution in [3.8, 4) is 11.5 Å². The summed E-state index contributed by atoms with van der Waals surface area (Å²) in [5, 5.41) is 20.3. The van der Waals surface area contributed by atoms with E-state index in [4.69, 9.17) is 9.52 Å². The van der Waals surface area contributed by atoms with Gasteiger partial charge in [0.1, 0.15) is 6.04 Å². The van der Waals surface area contributed by atoms with E-state index >= 15 is 0 Å². The second kappa shape index (κ2) is 8.28. The maximum Gasteiger partial charge on any atom is 0.320 e. The van der Waals surface area contributed by atoms with Gasteiger partial charge in [-0.05, 0) is 25.6 Å². The van der Waals surface area contributed by atoms with Crippen LogP contribution in [-0.4, -0.2) is 68.5 Å². The highest BCUT2D eigenvalue weighted by Gasteiger charge is 2.34. The Kier molecular flexibility index (Phi) is 5.84. The van der Waals surface area contributed by atoms with E-state index in [0.29, 0.717) is 29.8 Å². The molecule has 3 heterocycles. The number of nitrogens with one attached hydrogen (secondary N) is 1. The molecule has 2 atom stereocenters. The lowest BCUT2D eigenvalue weighted by Crippen LogP contribution is -2.36. The van der Waals surface area contributed by atoms with Gasteiger partial charge in [-0.15, -0.1) is 10.2 Å². The summed E-state index contributed by atoms with van der Waals surface area (Å²) in [5.41, 5.74) is 0.787. The molecule has 0 saturated carbocycles. The molecule has 0 radical (unpaired) electrons. The number of carboxylic acids is 1. The Hall–Kier alpha value is -2.46. The maximum atomic E-state index is 12.0. The van der Waals surface area contributed by atoms with Gasteiger partial charge in [0.2, 0.25) is 11.8 Å². The molecule has 1 aliphatic rings. The van der Waals surface area contributed by atoms with Crippen LogP contribution >= 0.6 is 11.8 Å². The van der Waals surface area contributed by atoms with Gasteiger partial charge in [0.05, 0.1) is 0 Å². The lowest BCUT2D eigenvalue weighted by molar-refractivity contribution is -0.141. The molecule has 9 nitrogen and oxygen atoms in total. The van der Waals surface area contributed by atoms with Crippen molar-refractivity contribution >= 4 is 23.6 Å². The number of likely N-dealkylation sites (N-methyl/N-ethyl adjacent to an activating group) is 1. The van der Waals surface area contributed by atoms with Crippen LogP contribution in [0.2, 0.25) is 0 Å². The van der Waals surface area contributed by atoms with E-state index in [1.807, 2.05) is 0 Å². The Morgan fingerprint density at radius 1 is 1.38 bits per heavy atom. The second-order valence-corrected chi connectivity index (χ2v) is 7.05. The molecule has 2 aromatic rings. The monoisotopic (exact) mass is 377 g/mol. The normalized spacial score (nSPS) is 20.2. The first kappa shape index (κ1) is 18.3. The standard InChI is InChI=1S/C16H19N5O4S/c1-21-9-11(8-12(21)15(23)24)18-13(22)4-7-26-16-20-19-14(25-16)10-2-5-17-6-3-10/h2-3,5-6,11-12H,4,7-9H2,1H3,(H,18,22)(H,23,24)/t11-,12+/m1/s1. The zero-order valence-electron chi connectivity index (χ0n) is 14.2. The Morgan fingerprint density at radius 2 is 2.15 bits per heavy atom. The summed E-state index contributed by atoms with van der Waals surface area (Å²) in [6.07, 6.45) is 4.00. The van der Waals surface area contributed by atoms with Crippen molar-refractivity contribution in [3.05, 3.63) is 24.5 Å². The number of aliphatic carboxylic acids is 1. The quantitative estimate of drug-likeness (QED) is 0.677. The fourth-order valence-corrected chi connectivity index (χ4v) is 3.50. The summed E-state index contributed by atoms with van der Waals surface area (Å²) in [6, 6.07) is 2.87. The fourth-order valence-electron chi connectivity index (χ4n) is 2.80. The van der Waals surface area contributed by atoms with Gasteiger partial charge in [0.15, 0.2) is 0 Å². The number of nitrogens with zero attached hydrogens (tertiary/aromatic N) is 4. The lowest BCUT2D eigenvalue weighted by Gasteiger charge is -2.13. The number of carbonyl (C=O) groups excluding carboxylic acids is 1. The number of carboxylic acid groups (broad SMARTS) is 1. The van der Waals surface area contributed by atoms with E-state index in [-0.39, 0.29) is 18.4 Å².